The first-order chi connectivity index (χ1) is 9.59. The van der Waals surface area contributed by atoms with Gasteiger partial charge in [0.25, 0.3) is 5.56 Å². The van der Waals surface area contributed by atoms with Crippen molar-refractivity contribution in [2.24, 2.45) is 7.05 Å². The Labute approximate surface area is 113 Å². The highest BCUT2D eigenvalue weighted by atomic mass is 19.1. The summed E-state index contributed by atoms with van der Waals surface area (Å²) in [7, 11) is 1.58. The van der Waals surface area contributed by atoms with Crippen molar-refractivity contribution < 1.29 is 4.39 Å². The molecule has 20 heavy (non-hydrogen) atoms. The number of benzene rings is 2. The first kappa shape index (κ1) is 12.3. The third-order valence-corrected chi connectivity index (χ3v) is 3.24. The van der Waals surface area contributed by atoms with Crippen molar-refractivity contribution in [1.29, 1.82) is 0 Å². The van der Waals surface area contributed by atoms with E-state index in [-0.39, 0.29) is 5.69 Å². The predicted octanol–water partition coefficient (Wildman–Crippen LogP) is 1.83. The molecule has 5 heteroatoms. The molecule has 0 atom stereocenters. The maximum Gasteiger partial charge on any atom is 0.335 e. The summed E-state index contributed by atoms with van der Waals surface area (Å²) in [6.07, 6.45) is 0. The largest absolute Gasteiger partial charge is 0.335 e. The van der Waals surface area contributed by atoms with Crippen LogP contribution in [0.1, 0.15) is 0 Å². The van der Waals surface area contributed by atoms with E-state index < -0.39 is 17.1 Å². The van der Waals surface area contributed by atoms with Crippen LogP contribution in [0.3, 0.4) is 0 Å². The van der Waals surface area contributed by atoms with Crippen molar-refractivity contribution in [3.8, 4) is 5.69 Å². The van der Waals surface area contributed by atoms with Crippen LogP contribution in [-0.4, -0.2) is 9.13 Å². The molecule has 0 saturated carbocycles. The van der Waals surface area contributed by atoms with Crippen molar-refractivity contribution in [2.45, 2.75) is 0 Å². The molecule has 3 aromatic rings. The molecule has 0 radical (unpaired) electrons. The van der Waals surface area contributed by atoms with Gasteiger partial charge in [-0.2, -0.15) is 0 Å². The number of hydrogen-bond acceptors (Lipinski definition) is 2. The molecule has 3 rings (SSSR count). The quantitative estimate of drug-likeness (QED) is 0.677. The Hall–Kier alpha value is -2.69. The van der Waals surface area contributed by atoms with E-state index in [4.69, 9.17) is 0 Å². The van der Waals surface area contributed by atoms with Crippen LogP contribution in [0.25, 0.3) is 16.6 Å². The number of halogens is 1. The van der Waals surface area contributed by atoms with Gasteiger partial charge in [0.15, 0.2) is 0 Å². The van der Waals surface area contributed by atoms with Gasteiger partial charge in [-0.1, -0.05) is 18.2 Å². The van der Waals surface area contributed by atoms with Crippen LogP contribution in [-0.2, 0) is 7.05 Å². The zero-order valence-electron chi connectivity index (χ0n) is 10.7. The lowest BCUT2D eigenvalue weighted by Crippen LogP contribution is -2.37. The lowest BCUT2D eigenvalue weighted by atomic mass is 10.2. The molecule has 0 unspecified atom stereocenters. The second kappa shape index (κ2) is 4.45. The minimum Gasteiger partial charge on any atom is -0.296 e. The monoisotopic (exact) mass is 270 g/mol. The maximum atomic E-state index is 13.3. The van der Waals surface area contributed by atoms with Gasteiger partial charge >= 0.3 is 5.69 Å². The lowest BCUT2D eigenvalue weighted by molar-refractivity contribution is 0.625. The molecule has 0 bridgehead atoms. The van der Waals surface area contributed by atoms with Crippen LogP contribution in [0.4, 0.5) is 4.39 Å². The topological polar surface area (TPSA) is 44.0 Å². The Morgan fingerprint density at radius 1 is 1.00 bits per heavy atom. The van der Waals surface area contributed by atoms with Gasteiger partial charge in [0.1, 0.15) is 5.82 Å². The van der Waals surface area contributed by atoms with Crippen LogP contribution in [0.15, 0.2) is 58.1 Å². The summed E-state index contributed by atoms with van der Waals surface area (Å²) in [6, 6.07) is 12.3. The SMILES string of the molecule is Cn1c(=O)n(-c2cccc(F)c2)c(=O)c2ccccc21. The van der Waals surface area contributed by atoms with Crippen molar-refractivity contribution in [1.82, 2.24) is 9.13 Å². The van der Waals surface area contributed by atoms with E-state index in [2.05, 4.69) is 0 Å². The number of rotatable bonds is 1. The first-order valence-electron chi connectivity index (χ1n) is 6.06. The first-order valence-corrected chi connectivity index (χ1v) is 6.06. The molecule has 2 aromatic carbocycles. The van der Waals surface area contributed by atoms with Gasteiger partial charge in [-0.15, -0.1) is 0 Å². The van der Waals surface area contributed by atoms with E-state index in [0.29, 0.717) is 10.9 Å². The van der Waals surface area contributed by atoms with Crippen LogP contribution in [0, 0.1) is 5.82 Å². The molecule has 1 aromatic heterocycles. The van der Waals surface area contributed by atoms with Crippen LogP contribution >= 0.6 is 0 Å². The van der Waals surface area contributed by atoms with Gasteiger partial charge in [-0.25, -0.2) is 13.8 Å². The zero-order chi connectivity index (χ0) is 14.3. The number of nitrogens with zero attached hydrogens (tertiary/aromatic N) is 2. The highest BCUT2D eigenvalue weighted by Crippen LogP contribution is 2.09. The summed E-state index contributed by atoms with van der Waals surface area (Å²) in [5.74, 6) is -0.496. The number of hydrogen-bond donors (Lipinski definition) is 0. The number of aryl methyl sites for hydroxylation is 1. The van der Waals surface area contributed by atoms with E-state index in [1.54, 1.807) is 31.3 Å². The van der Waals surface area contributed by atoms with Crippen LogP contribution in [0.5, 0.6) is 0 Å². The molecule has 0 fully saturated rings. The molecule has 0 aliphatic heterocycles. The van der Waals surface area contributed by atoms with Crippen molar-refractivity contribution in [3.63, 3.8) is 0 Å². The summed E-state index contributed by atoms with van der Waals surface area (Å²) in [6.45, 7) is 0. The Morgan fingerprint density at radius 3 is 2.50 bits per heavy atom. The summed E-state index contributed by atoms with van der Waals surface area (Å²) in [5.41, 5.74) is -0.176. The summed E-state index contributed by atoms with van der Waals surface area (Å²) in [5, 5.41) is 0.416. The smallest absolute Gasteiger partial charge is 0.296 e. The molecular weight excluding hydrogens is 259 g/mol. The van der Waals surface area contributed by atoms with Gasteiger partial charge in [0.05, 0.1) is 16.6 Å². The fraction of sp³-hybridized carbons (Fsp3) is 0.0667. The van der Waals surface area contributed by atoms with Gasteiger partial charge in [0, 0.05) is 7.05 Å². The minimum atomic E-state index is -0.501. The number of para-hydroxylation sites is 1. The summed E-state index contributed by atoms with van der Waals surface area (Å²) in [4.78, 5) is 24.8. The fourth-order valence-electron chi connectivity index (χ4n) is 2.25. The summed E-state index contributed by atoms with van der Waals surface area (Å²) < 4.78 is 15.7. The predicted molar refractivity (Wildman–Crippen MR) is 74.7 cm³/mol. The van der Waals surface area contributed by atoms with E-state index in [9.17, 15) is 14.0 Å². The van der Waals surface area contributed by atoms with E-state index >= 15 is 0 Å². The maximum absolute atomic E-state index is 13.3. The number of fused-ring (bicyclic) bond motifs is 1. The Balaban J connectivity index is 2.49. The van der Waals surface area contributed by atoms with Gasteiger partial charge < -0.3 is 0 Å². The molecule has 4 nitrogen and oxygen atoms in total. The molecule has 0 amide bonds. The van der Waals surface area contributed by atoms with Crippen molar-refractivity contribution in [3.05, 3.63) is 75.2 Å². The molecule has 0 spiro atoms. The zero-order valence-corrected chi connectivity index (χ0v) is 10.7. The fourth-order valence-corrected chi connectivity index (χ4v) is 2.25. The second-order valence-corrected chi connectivity index (χ2v) is 4.48. The van der Waals surface area contributed by atoms with Crippen LogP contribution < -0.4 is 11.2 Å². The molecule has 0 N–H and O–H groups in total. The molecule has 0 aliphatic carbocycles. The second-order valence-electron chi connectivity index (χ2n) is 4.48. The molecule has 0 aliphatic rings. The van der Waals surface area contributed by atoms with E-state index in [1.165, 1.54) is 22.8 Å². The van der Waals surface area contributed by atoms with Crippen molar-refractivity contribution in [2.75, 3.05) is 0 Å². The normalized spacial score (nSPS) is 10.9. The Kier molecular flexibility index (Phi) is 2.75. The molecular formula is C15H11FN2O2. The minimum absolute atomic E-state index is 0.223. The number of aromatic nitrogens is 2. The van der Waals surface area contributed by atoms with Crippen LogP contribution in [0.2, 0.25) is 0 Å². The Morgan fingerprint density at radius 2 is 1.75 bits per heavy atom. The lowest BCUT2D eigenvalue weighted by Gasteiger charge is -2.10. The van der Waals surface area contributed by atoms with Gasteiger partial charge in [-0.3, -0.25) is 9.36 Å². The highest BCUT2D eigenvalue weighted by Gasteiger charge is 2.12. The average Bonchev–Trinajstić information content (AvgIpc) is 2.45. The molecule has 1 heterocycles. The molecule has 100 valence electrons. The molecule has 0 saturated heterocycles. The van der Waals surface area contributed by atoms with Gasteiger partial charge in [0.2, 0.25) is 0 Å². The summed E-state index contributed by atoms with van der Waals surface area (Å²) >= 11 is 0. The van der Waals surface area contributed by atoms with Gasteiger partial charge in [-0.05, 0) is 30.3 Å². The highest BCUT2D eigenvalue weighted by molar-refractivity contribution is 5.78. The van der Waals surface area contributed by atoms with Crippen molar-refractivity contribution >= 4 is 10.9 Å². The van der Waals surface area contributed by atoms with E-state index in [1.807, 2.05) is 0 Å². The third-order valence-electron chi connectivity index (χ3n) is 3.24. The standard InChI is InChI=1S/C15H11FN2O2/c1-17-13-8-3-2-7-12(13)14(19)18(15(17)20)11-6-4-5-10(16)9-11/h2-9H,1H3. The average molecular weight is 270 g/mol. The van der Waals surface area contributed by atoms with E-state index in [0.717, 1.165) is 10.6 Å². The Bertz CT molecular complexity index is 925. The third kappa shape index (κ3) is 1.75.